The Kier molecular flexibility index (Phi) is 6.75. The average molecular weight is 328 g/mol. The lowest BCUT2D eigenvalue weighted by atomic mass is 10.0. The number of amides is 1. The molecule has 0 bridgehead atoms. The first-order chi connectivity index (χ1) is 11.6. The molecule has 24 heavy (non-hydrogen) atoms. The third-order valence-corrected chi connectivity index (χ3v) is 3.78. The molecular weight excluding hydrogens is 304 g/mol. The molecular formula is C19H24N2O3. The predicted molar refractivity (Wildman–Crippen MR) is 93.2 cm³/mol. The van der Waals surface area contributed by atoms with Gasteiger partial charge in [-0.1, -0.05) is 12.1 Å². The van der Waals surface area contributed by atoms with Crippen LogP contribution in [0.5, 0.6) is 5.75 Å². The minimum atomic E-state index is -0.171. The van der Waals surface area contributed by atoms with Crippen molar-refractivity contribution in [2.45, 2.75) is 20.3 Å². The van der Waals surface area contributed by atoms with E-state index >= 15 is 0 Å². The van der Waals surface area contributed by atoms with E-state index in [1.807, 2.05) is 38.1 Å². The van der Waals surface area contributed by atoms with Crippen molar-refractivity contribution in [2.75, 3.05) is 19.8 Å². The molecule has 1 unspecified atom stereocenters. The van der Waals surface area contributed by atoms with Crippen LogP contribution in [-0.4, -0.2) is 35.8 Å². The number of aliphatic hydroxyl groups is 1. The lowest BCUT2D eigenvalue weighted by Gasteiger charge is -2.15. The molecule has 2 aromatic rings. The highest BCUT2D eigenvalue weighted by Gasteiger charge is 2.13. The summed E-state index contributed by atoms with van der Waals surface area (Å²) in [5, 5.41) is 12.4. The number of nitrogens with zero attached hydrogens (tertiary/aromatic N) is 1. The number of aromatic nitrogens is 1. The summed E-state index contributed by atoms with van der Waals surface area (Å²) >= 11 is 0. The van der Waals surface area contributed by atoms with Gasteiger partial charge in [-0.05, 0) is 50.1 Å². The Morgan fingerprint density at radius 2 is 2.17 bits per heavy atom. The molecule has 0 aliphatic carbocycles. The number of ether oxygens (including phenoxy) is 1. The van der Waals surface area contributed by atoms with Crippen LogP contribution in [0, 0.1) is 12.8 Å². The number of carbonyl (C=O) groups is 1. The van der Waals surface area contributed by atoms with Gasteiger partial charge in [-0.2, -0.15) is 0 Å². The fourth-order valence-electron chi connectivity index (χ4n) is 2.41. The SMILES string of the molecule is CCOc1cc(C(=O)NCC(CO)Cc2ccccn2)ccc1C. The molecule has 5 heteroatoms. The number of aryl methyl sites for hydroxylation is 1. The minimum absolute atomic E-state index is 0.00501. The van der Waals surface area contributed by atoms with Crippen LogP contribution in [0.2, 0.25) is 0 Å². The summed E-state index contributed by atoms with van der Waals surface area (Å²) in [6, 6.07) is 11.1. The third kappa shape index (κ3) is 5.06. The van der Waals surface area contributed by atoms with Gasteiger partial charge in [0.25, 0.3) is 5.91 Å². The van der Waals surface area contributed by atoms with E-state index in [1.165, 1.54) is 0 Å². The van der Waals surface area contributed by atoms with Gasteiger partial charge in [-0.15, -0.1) is 0 Å². The van der Waals surface area contributed by atoms with Crippen LogP contribution < -0.4 is 10.1 Å². The van der Waals surface area contributed by atoms with Gasteiger partial charge in [0.15, 0.2) is 0 Å². The number of hydrogen-bond donors (Lipinski definition) is 2. The van der Waals surface area contributed by atoms with Crippen LogP contribution in [-0.2, 0) is 6.42 Å². The number of rotatable bonds is 8. The van der Waals surface area contributed by atoms with Crippen molar-refractivity contribution in [2.24, 2.45) is 5.92 Å². The highest BCUT2D eigenvalue weighted by molar-refractivity contribution is 5.94. The van der Waals surface area contributed by atoms with Crippen LogP contribution in [0.15, 0.2) is 42.6 Å². The molecule has 0 aliphatic heterocycles. The average Bonchev–Trinajstić information content (AvgIpc) is 2.61. The van der Waals surface area contributed by atoms with Gasteiger partial charge in [0, 0.05) is 36.5 Å². The molecule has 0 saturated heterocycles. The van der Waals surface area contributed by atoms with E-state index in [0.717, 1.165) is 17.0 Å². The van der Waals surface area contributed by atoms with Crippen LogP contribution >= 0.6 is 0 Å². The Morgan fingerprint density at radius 1 is 1.33 bits per heavy atom. The number of carbonyl (C=O) groups excluding carboxylic acids is 1. The van der Waals surface area contributed by atoms with E-state index in [1.54, 1.807) is 18.3 Å². The van der Waals surface area contributed by atoms with Crippen LogP contribution in [0.4, 0.5) is 0 Å². The van der Waals surface area contributed by atoms with Gasteiger partial charge < -0.3 is 15.2 Å². The molecule has 1 aromatic carbocycles. The summed E-state index contributed by atoms with van der Waals surface area (Å²) in [6.45, 7) is 4.80. The lowest BCUT2D eigenvalue weighted by Crippen LogP contribution is -2.32. The van der Waals surface area contributed by atoms with E-state index in [9.17, 15) is 9.90 Å². The van der Waals surface area contributed by atoms with Crippen molar-refractivity contribution in [3.63, 3.8) is 0 Å². The lowest BCUT2D eigenvalue weighted by molar-refractivity contribution is 0.0939. The highest BCUT2D eigenvalue weighted by atomic mass is 16.5. The van der Waals surface area contributed by atoms with Crippen LogP contribution in [0.3, 0.4) is 0 Å². The summed E-state index contributed by atoms with van der Waals surface area (Å²) in [5.74, 6) is 0.480. The number of nitrogens with one attached hydrogen (secondary N) is 1. The molecule has 2 N–H and O–H groups in total. The number of pyridine rings is 1. The third-order valence-electron chi connectivity index (χ3n) is 3.78. The molecule has 1 atom stereocenters. The number of benzene rings is 1. The molecule has 0 fully saturated rings. The fraction of sp³-hybridized carbons (Fsp3) is 0.368. The molecule has 1 heterocycles. The molecule has 2 rings (SSSR count). The second kappa shape index (κ2) is 9.03. The Bertz CT molecular complexity index is 659. The summed E-state index contributed by atoms with van der Waals surface area (Å²) in [4.78, 5) is 16.6. The quantitative estimate of drug-likeness (QED) is 0.780. The molecule has 1 aromatic heterocycles. The maximum Gasteiger partial charge on any atom is 0.251 e. The molecule has 0 saturated carbocycles. The Balaban J connectivity index is 1.95. The van der Waals surface area contributed by atoms with E-state index in [-0.39, 0.29) is 18.4 Å². The zero-order chi connectivity index (χ0) is 17.4. The van der Waals surface area contributed by atoms with Gasteiger partial charge >= 0.3 is 0 Å². The van der Waals surface area contributed by atoms with Crippen molar-refractivity contribution in [3.8, 4) is 5.75 Å². The van der Waals surface area contributed by atoms with Crippen molar-refractivity contribution >= 4 is 5.91 Å². The number of aliphatic hydroxyl groups excluding tert-OH is 1. The molecule has 0 spiro atoms. The first-order valence-electron chi connectivity index (χ1n) is 8.16. The van der Waals surface area contributed by atoms with Crippen molar-refractivity contribution in [1.29, 1.82) is 0 Å². The largest absolute Gasteiger partial charge is 0.494 e. The van der Waals surface area contributed by atoms with Gasteiger partial charge in [-0.3, -0.25) is 9.78 Å². The van der Waals surface area contributed by atoms with Crippen molar-refractivity contribution in [1.82, 2.24) is 10.3 Å². The summed E-state index contributed by atoms with van der Waals surface area (Å²) in [6.07, 6.45) is 2.35. The fourth-order valence-corrected chi connectivity index (χ4v) is 2.41. The van der Waals surface area contributed by atoms with E-state index in [0.29, 0.717) is 25.1 Å². The van der Waals surface area contributed by atoms with Crippen molar-refractivity contribution in [3.05, 3.63) is 59.4 Å². The van der Waals surface area contributed by atoms with E-state index in [4.69, 9.17) is 4.74 Å². The summed E-state index contributed by atoms with van der Waals surface area (Å²) < 4.78 is 5.52. The molecule has 5 nitrogen and oxygen atoms in total. The normalized spacial score (nSPS) is 11.8. The van der Waals surface area contributed by atoms with Gasteiger partial charge in [0.2, 0.25) is 0 Å². The summed E-state index contributed by atoms with van der Waals surface area (Å²) in [7, 11) is 0. The minimum Gasteiger partial charge on any atom is -0.494 e. The predicted octanol–water partition coefficient (Wildman–Crippen LogP) is 2.37. The number of hydrogen-bond acceptors (Lipinski definition) is 4. The summed E-state index contributed by atoms with van der Waals surface area (Å²) in [5.41, 5.74) is 2.45. The molecule has 1 amide bonds. The highest BCUT2D eigenvalue weighted by Crippen LogP contribution is 2.19. The van der Waals surface area contributed by atoms with Crippen LogP contribution in [0.25, 0.3) is 0 Å². The molecule has 0 aliphatic rings. The smallest absolute Gasteiger partial charge is 0.251 e. The zero-order valence-electron chi connectivity index (χ0n) is 14.2. The Hall–Kier alpha value is -2.40. The molecule has 0 radical (unpaired) electrons. The second-order valence-corrected chi connectivity index (χ2v) is 5.70. The maximum absolute atomic E-state index is 12.3. The van der Waals surface area contributed by atoms with E-state index < -0.39 is 0 Å². The first-order valence-corrected chi connectivity index (χ1v) is 8.16. The second-order valence-electron chi connectivity index (χ2n) is 5.70. The maximum atomic E-state index is 12.3. The Labute approximate surface area is 142 Å². The standard InChI is InChI=1S/C19H24N2O3/c1-3-24-18-11-16(8-7-14(18)2)19(23)21-12-15(13-22)10-17-6-4-5-9-20-17/h4-9,11,15,22H,3,10,12-13H2,1-2H3,(H,21,23). The van der Waals surface area contributed by atoms with Gasteiger partial charge in [-0.25, -0.2) is 0 Å². The Morgan fingerprint density at radius 3 is 2.83 bits per heavy atom. The van der Waals surface area contributed by atoms with Gasteiger partial charge in [0.1, 0.15) is 5.75 Å². The van der Waals surface area contributed by atoms with Gasteiger partial charge in [0.05, 0.1) is 6.61 Å². The topological polar surface area (TPSA) is 71.5 Å². The first kappa shape index (κ1) is 17.9. The van der Waals surface area contributed by atoms with Crippen LogP contribution in [0.1, 0.15) is 28.5 Å². The zero-order valence-corrected chi connectivity index (χ0v) is 14.2. The van der Waals surface area contributed by atoms with E-state index in [2.05, 4.69) is 10.3 Å². The van der Waals surface area contributed by atoms with Crippen molar-refractivity contribution < 1.29 is 14.6 Å². The molecule has 128 valence electrons. The monoisotopic (exact) mass is 328 g/mol.